The number of aryl methyl sites for hydroxylation is 1. The summed E-state index contributed by atoms with van der Waals surface area (Å²) >= 11 is 0. The average Bonchev–Trinajstić information content (AvgIpc) is 3.27. The first kappa shape index (κ1) is 25.0. The molecule has 3 heterocycles. The molecule has 3 rings (SSSR count). The van der Waals surface area contributed by atoms with Gasteiger partial charge in [-0.1, -0.05) is 13.8 Å². The molecular weight excluding hydrogens is 441 g/mol. The third kappa shape index (κ3) is 4.28. The minimum absolute atomic E-state index is 0.0126. The molecule has 0 aliphatic carbocycles. The minimum Gasteiger partial charge on any atom is -0.388 e. The molecule has 13 heteroatoms. The van der Waals surface area contributed by atoms with Crippen LogP contribution in [-0.4, -0.2) is 68.6 Å². The number of ether oxygens (including phenoxy) is 1. The summed E-state index contributed by atoms with van der Waals surface area (Å²) < 4.78 is 27.1. The van der Waals surface area contributed by atoms with Crippen LogP contribution in [-0.2, 0) is 20.9 Å². The number of hydrogen-bond acceptors (Lipinski definition) is 9. The summed E-state index contributed by atoms with van der Waals surface area (Å²) in [6, 6.07) is 0. The van der Waals surface area contributed by atoms with Crippen LogP contribution in [0.15, 0.2) is 12.7 Å². The molecule has 0 spiro atoms. The molecule has 2 aromatic rings. The molecule has 12 nitrogen and oxygen atoms in total. The second-order valence-corrected chi connectivity index (χ2v) is 11.0. The Morgan fingerprint density at radius 1 is 1.22 bits per heavy atom. The Bertz CT molecular complexity index is 1090. The van der Waals surface area contributed by atoms with Crippen molar-refractivity contribution in [1.29, 1.82) is 5.41 Å². The fourth-order valence-electron chi connectivity index (χ4n) is 3.60. The Morgan fingerprint density at radius 3 is 2.47 bits per heavy atom. The predicted molar refractivity (Wildman–Crippen MR) is 113 cm³/mol. The number of nitrogens with zero attached hydrogens (tertiary/aromatic N) is 4. The van der Waals surface area contributed by atoms with E-state index < -0.39 is 43.1 Å². The highest BCUT2D eigenvalue weighted by Gasteiger charge is 2.50. The maximum Gasteiger partial charge on any atom is 0.359 e. The molecule has 3 unspecified atom stereocenters. The van der Waals surface area contributed by atoms with Gasteiger partial charge in [0.2, 0.25) is 0 Å². The molecule has 0 saturated carbocycles. The van der Waals surface area contributed by atoms with Crippen molar-refractivity contribution in [2.24, 2.45) is 7.05 Å². The lowest BCUT2D eigenvalue weighted by atomic mass is 9.93. The second kappa shape index (κ2) is 8.60. The van der Waals surface area contributed by atoms with E-state index in [1.54, 1.807) is 27.8 Å². The van der Waals surface area contributed by atoms with E-state index in [0.29, 0.717) is 17.6 Å². The summed E-state index contributed by atoms with van der Waals surface area (Å²) in [6.07, 6.45) is -1.48. The van der Waals surface area contributed by atoms with Crippen LogP contribution in [0.1, 0.15) is 53.2 Å². The van der Waals surface area contributed by atoms with Crippen molar-refractivity contribution in [3.63, 3.8) is 0 Å². The maximum absolute atomic E-state index is 12.7. The first-order valence-corrected chi connectivity index (χ1v) is 12.0. The summed E-state index contributed by atoms with van der Waals surface area (Å²) in [5, 5.41) is 37.8. The fraction of sp³-hybridized carbons (Fsp3) is 0.737. The van der Waals surface area contributed by atoms with Crippen LogP contribution in [0.2, 0.25) is 0 Å². The van der Waals surface area contributed by atoms with Gasteiger partial charge >= 0.3 is 7.60 Å². The van der Waals surface area contributed by atoms with Gasteiger partial charge < -0.3 is 34.0 Å². The number of aromatic nitrogens is 4. The highest BCUT2D eigenvalue weighted by molar-refractivity contribution is 7.54. The van der Waals surface area contributed by atoms with Gasteiger partial charge in [-0.25, -0.2) is 9.97 Å². The smallest absolute Gasteiger partial charge is 0.359 e. The molecular formula is C19H32N5O7P. The third-order valence-corrected chi connectivity index (χ3v) is 8.53. The van der Waals surface area contributed by atoms with Crippen LogP contribution in [0.5, 0.6) is 0 Å². The van der Waals surface area contributed by atoms with E-state index in [1.165, 1.54) is 28.7 Å². The van der Waals surface area contributed by atoms with Crippen molar-refractivity contribution >= 4 is 18.8 Å². The first-order chi connectivity index (χ1) is 14.8. The van der Waals surface area contributed by atoms with Gasteiger partial charge in [0.1, 0.15) is 17.7 Å². The van der Waals surface area contributed by atoms with Gasteiger partial charge in [0.15, 0.2) is 22.7 Å². The van der Waals surface area contributed by atoms with Crippen LogP contribution in [0, 0.1) is 5.41 Å². The fourth-order valence-corrected chi connectivity index (χ4v) is 5.00. The Labute approximate surface area is 185 Å². The van der Waals surface area contributed by atoms with Crippen LogP contribution >= 0.6 is 7.60 Å². The Morgan fingerprint density at radius 2 is 1.88 bits per heavy atom. The molecule has 5 N–H and O–H groups in total. The lowest BCUT2D eigenvalue weighted by Gasteiger charge is -2.37. The van der Waals surface area contributed by atoms with Crippen LogP contribution in [0.4, 0.5) is 0 Å². The second-order valence-electron chi connectivity index (χ2n) is 8.76. The highest BCUT2D eigenvalue weighted by atomic mass is 31.2. The van der Waals surface area contributed by atoms with Gasteiger partial charge in [0.25, 0.3) is 0 Å². The van der Waals surface area contributed by atoms with Crippen molar-refractivity contribution in [3.05, 3.63) is 18.1 Å². The molecule has 0 bridgehead atoms. The highest BCUT2D eigenvalue weighted by Crippen LogP contribution is 2.59. The number of aliphatic hydroxyl groups is 3. The molecule has 1 fully saturated rings. The summed E-state index contributed by atoms with van der Waals surface area (Å²) in [4.78, 5) is 18.8. The Kier molecular flexibility index (Phi) is 6.71. The van der Waals surface area contributed by atoms with E-state index in [-0.39, 0.29) is 18.3 Å². The molecule has 1 aliphatic rings. The number of rotatable bonds is 8. The van der Waals surface area contributed by atoms with Crippen molar-refractivity contribution in [3.8, 4) is 0 Å². The molecule has 2 aromatic heterocycles. The monoisotopic (exact) mass is 473 g/mol. The van der Waals surface area contributed by atoms with Crippen molar-refractivity contribution in [1.82, 2.24) is 19.1 Å². The summed E-state index contributed by atoms with van der Waals surface area (Å²) in [7, 11) is -2.76. The lowest BCUT2D eigenvalue weighted by molar-refractivity contribution is -0.0689. The maximum atomic E-state index is 12.7. The standard InChI is InChI=1S/C19H32N5O7P/c1-6-18(3,31-32(28,29)19(4,27)7-2)8-11-13(25)14(26)17(30-11)24-10-21-12-15(20)23(5)9-22-16(12)24/h9-11,13-14,17,20,25-27H,6-8H2,1-5H3,(H,28,29)/t11-,13-,14-,17-,18?,19?/m1/s1. The van der Waals surface area contributed by atoms with E-state index >= 15 is 0 Å². The molecule has 1 saturated heterocycles. The van der Waals surface area contributed by atoms with Gasteiger partial charge in [0, 0.05) is 13.5 Å². The van der Waals surface area contributed by atoms with E-state index in [0.717, 1.165) is 0 Å². The molecule has 0 aromatic carbocycles. The van der Waals surface area contributed by atoms with Crippen molar-refractivity contribution < 1.29 is 34.0 Å². The summed E-state index contributed by atoms with van der Waals surface area (Å²) in [6.45, 7) is 6.16. The number of imidazole rings is 1. The van der Waals surface area contributed by atoms with E-state index in [1.807, 2.05) is 0 Å². The molecule has 180 valence electrons. The zero-order valence-corrected chi connectivity index (χ0v) is 19.7. The molecule has 1 aliphatic heterocycles. The number of fused-ring (bicyclic) bond motifs is 1. The predicted octanol–water partition coefficient (Wildman–Crippen LogP) is 0.748. The number of hydrogen-bond donors (Lipinski definition) is 5. The van der Waals surface area contributed by atoms with Gasteiger partial charge in [-0.2, -0.15) is 0 Å². The van der Waals surface area contributed by atoms with Crippen LogP contribution < -0.4 is 5.49 Å². The average molecular weight is 473 g/mol. The minimum atomic E-state index is -4.42. The van der Waals surface area contributed by atoms with Gasteiger partial charge in [-0.15, -0.1) is 0 Å². The zero-order valence-electron chi connectivity index (χ0n) is 18.8. The Hall–Kier alpha value is -1.66. The largest absolute Gasteiger partial charge is 0.388 e. The Balaban J connectivity index is 1.85. The molecule has 0 radical (unpaired) electrons. The number of nitrogens with one attached hydrogen (secondary N) is 1. The van der Waals surface area contributed by atoms with Crippen molar-refractivity contribution in [2.75, 3.05) is 0 Å². The van der Waals surface area contributed by atoms with Crippen LogP contribution in [0.25, 0.3) is 11.2 Å². The third-order valence-electron chi connectivity index (χ3n) is 6.31. The molecule has 32 heavy (non-hydrogen) atoms. The quantitative estimate of drug-likeness (QED) is 0.346. The van der Waals surface area contributed by atoms with E-state index in [9.17, 15) is 24.8 Å². The van der Waals surface area contributed by atoms with E-state index in [2.05, 4.69) is 9.97 Å². The van der Waals surface area contributed by atoms with Crippen molar-refractivity contribution in [2.45, 2.75) is 82.4 Å². The van der Waals surface area contributed by atoms with E-state index in [4.69, 9.17) is 14.7 Å². The normalized spacial score (nSPS) is 29.5. The van der Waals surface area contributed by atoms with Gasteiger partial charge in [-0.3, -0.25) is 14.5 Å². The summed E-state index contributed by atoms with van der Waals surface area (Å²) in [5.74, 6) is 0. The zero-order chi connectivity index (χ0) is 24.1. The van der Waals surface area contributed by atoms with Gasteiger partial charge in [0.05, 0.1) is 24.4 Å². The topological polar surface area (TPSA) is 176 Å². The first-order valence-electron chi connectivity index (χ1n) is 10.5. The summed E-state index contributed by atoms with van der Waals surface area (Å²) in [5.41, 5.74) is -0.458. The molecule has 0 amide bonds. The SMILES string of the molecule is CCC(C)(C[C@H]1O[C@@H](n2cnc3c(=N)n(C)cnc32)[C@H](O)[C@@H]1O)OP(=O)(O)C(C)(O)CC. The van der Waals surface area contributed by atoms with Crippen LogP contribution in [0.3, 0.4) is 0 Å². The van der Waals surface area contributed by atoms with Gasteiger partial charge in [-0.05, 0) is 26.7 Å². The lowest BCUT2D eigenvalue weighted by Crippen LogP contribution is -2.40. The number of aliphatic hydroxyl groups excluding tert-OH is 2. The molecule has 7 atom stereocenters.